The molecule has 0 aliphatic rings. The van der Waals surface area contributed by atoms with Gasteiger partial charge in [0, 0.05) is 10.8 Å². The summed E-state index contributed by atoms with van der Waals surface area (Å²) in [6.45, 7) is 10.4. The van der Waals surface area contributed by atoms with Crippen LogP contribution in [0.25, 0.3) is 0 Å². The van der Waals surface area contributed by atoms with Crippen LogP contribution < -0.4 is 0 Å². The van der Waals surface area contributed by atoms with Gasteiger partial charge in [-0.1, -0.05) is 58.5 Å². The lowest BCUT2D eigenvalue weighted by Crippen LogP contribution is -2.13. The summed E-state index contributed by atoms with van der Waals surface area (Å²) in [5.41, 5.74) is 2.01. The van der Waals surface area contributed by atoms with Crippen LogP contribution >= 0.6 is 11.8 Å². The number of hydrogen-bond donors (Lipinski definition) is 2. The van der Waals surface area contributed by atoms with Crippen molar-refractivity contribution < 1.29 is 4.74 Å². The van der Waals surface area contributed by atoms with Crippen LogP contribution in [0.1, 0.15) is 45.7 Å². The van der Waals surface area contributed by atoms with Crippen LogP contribution in [0, 0.1) is 10.8 Å². The number of thioether (sulfide) groups is 1. The van der Waals surface area contributed by atoms with E-state index in [9.17, 15) is 0 Å². The van der Waals surface area contributed by atoms with Gasteiger partial charge in [0.05, 0.1) is 0 Å². The Balaban J connectivity index is 2.71. The Bertz CT molecular complexity index is 458. The first kappa shape index (κ1) is 15.8. The number of hydrogen-bond acceptors (Lipinski definition) is 4. The SMILES string of the molecule is CC(C)SC(=N)OC(=N)c1ccc(C(C)(C)C)cc1. The van der Waals surface area contributed by atoms with E-state index in [-0.39, 0.29) is 21.8 Å². The highest BCUT2D eigenvalue weighted by atomic mass is 32.2. The van der Waals surface area contributed by atoms with E-state index in [2.05, 4.69) is 20.8 Å². The van der Waals surface area contributed by atoms with Crippen molar-refractivity contribution in [1.29, 1.82) is 10.8 Å². The van der Waals surface area contributed by atoms with Crippen LogP contribution in [0.4, 0.5) is 0 Å². The van der Waals surface area contributed by atoms with Crippen molar-refractivity contribution in [3.8, 4) is 0 Å². The van der Waals surface area contributed by atoms with Gasteiger partial charge in [-0.3, -0.25) is 10.8 Å². The van der Waals surface area contributed by atoms with E-state index in [1.807, 2.05) is 38.1 Å². The lowest BCUT2D eigenvalue weighted by Gasteiger charge is -2.19. The predicted octanol–water partition coefficient (Wildman–Crippen LogP) is 4.40. The Hall–Kier alpha value is -1.29. The summed E-state index contributed by atoms with van der Waals surface area (Å²) in [7, 11) is 0. The standard InChI is InChI=1S/C15H22N2OS/c1-10(2)19-14(17)18-13(16)11-6-8-12(9-7-11)15(3,4)5/h6-10,16-17H,1-5H3. The van der Waals surface area contributed by atoms with Gasteiger partial charge in [0.1, 0.15) is 0 Å². The zero-order valence-corrected chi connectivity index (χ0v) is 13.0. The van der Waals surface area contributed by atoms with Gasteiger partial charge < -0.3 is 4.74 Å². The Labute approximate surface area is 119 Å². The molecule has 3 nitrogen and oxygen atoms in total. The van der Waals surface area contributed by atoms with Crippen LogP contribution in [-0.2, 0) is 10.2 Å². The summed E-state index contributed by atoms with van der Waals surface area (Å²) in [6, 6.07) is 7.76. The minimum absolute atomic E-state index is 0.0265. The van der Waals surface area contributed by atoms with Crippen molar-refractivity contribution in [2.24, 2.45) is 0 Å². The Morgan fingerprint density at radius 3 is 2.05 bits per heavy atom. The smallest absolute Gasteiger partial charge is 0.250 e. The summed E-state index contributed by atoms with van der Waals surface area (Å²) in [4.78, 5) is 0. The van der Waals surface area contributed by atoms with Crippen molar-refractivity contribution in [1.82, 2.24) is 0 Å². The van der Waals surface area contributed by atoms with E-state index in [0.717, 1.165) is 0 Å². The second kappa shape index (κ2) is 6.24. The molecule has 0 spiro atoms. The fourth-order valence-corrected chi connectivity index (χ4v) is 2.07. The highest BCUT2D eigenvalue weighted by Gasteiger charge is 2.14. The van der Waals surface area contributed by atoms with Gasteiger partial charge in [0.25, 0.3) is 0 Å². The topological polar surface area (TPSA) is 56.9 Å². The van der Waals surface area contributed by atoms with Gasteiger partial charge in [0.2, 0.25) is 11.1 Å². The van der Waals surface area contributed by atoms with Crippen LogP contribution in [-0.4, -0.2) is 16.4 Å². The minimum Gasteiger partial charge on any atom is -0.415 e. The van der Waals surface area contributed by atoms with Gasteiger partial charge in [-0.2, -0.15) is 0 Å². The van der Waals surface area contributed by atoms with E-state index in [1.54, 1.807) is 0 Å². The average Bonchev–Trinajstić information content (AvgIpc) is 2.26. The van der Waals surface area contributed by atoms with Crippen LogP contribution in [0.2, 0.25) is 0 Å². The maximum absolute atomic E-state index is 7.85. The van der Waals surface area contributed by atoms with Crippen LogP contribution in [0.5, 0.6) is 0 Å². The molecule has 19 heavy (non-hydrogen) atoms. The summed E-state index contributed by atoms with van der Waals surface area (Å²) in [6.07, 6.45) is 0. The zero-order chi connectivity index (χ0) is 14.6. The molecule has 1 rings (SSSR count). The lowest BCUT2D eigenvalue weighted by atomic mass is 9.87. The first-order valence-corrected chi connectivity index (χ1v) is 7.20. The lowest BCUT2D eigenvalue weighted by molar-refractivity contribution is 0.552. The zero-order valence-electron chi connectivity index (χ0n) is 12.2. The molecule has 0 aromatic heterocycles. The summed E-state index contributed by atoms with van der Waals surface area (Å²) in [5, 5.41) is 15.8. The van der Waals surface area contributed by atoms with Crippen molar-refractivity contribution in [2.45, 2.75) is 45.3 Å². The number of ether oxygens (including phenoxy) is 1. The molecule has 0 atom stereocenters. The normalized spacial score (nSPS) is 11.5. The highest BCUT2D eigenvalue weighted by Crippen LogP contribution is 2.22. The Kier molecular flexibility index (Phi) is 5.18. The third kappa shape index (κ3) is 5.07. The first-order valence-electron chi connectivity index (χ1n) is 6.32. The summed E-state index contributed by atoms with van der Waals surface area (Å²) < 4.78 is 5.20. The molecule has 0 radical (unpaired) electrons. The number of rotatable bonds is 2. The molecule has 0 bridgehead atoms. The molecule has 1 aromatic rings. The van der Waals surface area contributed by atoms with E-state index >= 15 is 0 Å². The van der Waals surface area contributed by atoms with E-state index in [4.69, 9.17) is 15.6 Å². The van der Waals surface area contributed by atoms with E-state index in [0.29, 0.717) is 5.56 Å². The van der Waals surface area contributed by atoms with E-state index < -0.39 is 0 Å². The third-order valence-electron chi connectivity index (χ3n) is 2.55. The molecule has 2 N–H and O–H groups in total. The molecule has 0 saturated heterocycles. The largest absolute Gasteiger partial charge is 0.415 e. The van der Waals surface area contributed by atoms with Crippen LogP contribution in [0.15, 0.2) is 24.3 Å². The van der Waals surface area contributed by atoms with E-state index in [1.165, 1.54) is 17.3 Å². The molecule has 0 fully saturated rings. The first-order chi connectivity index (χ1) is 8.70. The fourth-order valence-electron chi connectivity index (χ4n) is 1.51. The molecule has 0 heterocycles. The molecule has 0 aliphatic heterocycles. The Morgan fingerprint density at radius 1 is 1.11 bits per heavy atom. The molecule has 4 heteroatoms. The molecule has 0 amide bonds. The second-order valence-electron chi connectivity index (χ2n) is 5.71. The minimum atomic E-state index is 0.0265. The van der Waals surface area contributed by atoms with Gasteiger partial charge in [-0.05, 0) is 23.1 Å². The van der Waals surface area contributed by atoms with Crippen molar-refractivity contribution >= 4 is 22.9 Å². The number of nitrogens with one attached hydrogen (secondary N) is 2. The molecule has 0 unspecified atom stereocenters. The molecule has 1 aromatic carbocycles. The maximum Gasteiger partial charge on any atom is 0.250 e. The monoisotopic (exact) mass is 278 g/mol. The second-order valence-corrected chi connectivity index (χ2v) is 7.26. The summed E-state index contributed by atoms with van der Waals surface area (Å²) >= 11 is 1.31. The number of benzene rings is 1. The molecule has 0 aliphatic carbocycles. The van der Waals surface area contributed by atoms with Gasteiger partial charge in [-0.25, -0.2) is 0 Å². The van der Waals surface area contributed by atoms with Crippen LogP contribution in [0.3, 0.4) is 0 Å². The van der Waals surface area contributed by atoms with Crippen molar-refractivity contribution in [2.75, 3.05) is 0 Å². The predicted molar refractivity (Wildman–Crippen MR) is 83.5 cm³/mol. The average molecular weight is 278 g/mol. The molecule has 0 saturated carbocycles. The molecule has 104 valence electrons. The Morgan fingerprint density at radius 2 is 1.63 bits per heavy atom. The van der Waals surface area contributed by atoms with Gasteiger partial charge in [0.15, 0.2) is 0 Å². The van der Waals surface area contributed by atoms with Gasteiger partial charge >= 0.3 is 0 Å². The third-order valence-corrected chi connectivity index (χ3v) is 3.32. The van der Waals surface area contributed by atoms with Gasteiger partial charge in [-0.15, -0.1) is 0 Å². The fraction of sp³-hybridized carbons (Fsp3) is 0.467. The highest BCUT2D eigenvalue weighted by molar-refractivity contribution is 8.13. The maximum atomic E-state index is 7.85. The molecular formula is C15H22N2OS. The summed E-state index contributed by atoms with van der Waals surface area (Å²) in [5.74, 6) is 0.0265. The van der Waals surface area contributed by atoms with Crippen molar-refractivity contribution in [3.63, 3.8) is 0 Å². The van der Waals surface area contributed by atoms with Crippen molar-refractivity contribution in [3.05, 3.63) is 35.4 Å². The molecular weight excluding hydrogens is 256 g/mol. The quantitative estimate of drug-likeness (QED) is 0.622.